The van der Waals surface area contributed by atoms with Crippen molar-refractivity contribution in [3.05, 3.63) is 0 Å². The monoisotopic (exact) mass is 425 g/mol. The summed E-state index contributed by atoms with van der Waals surface area (Å²) in [7, 11) is -5.98. The highest BCUT2D eigenvalue weighted by molar-refractivity contribution is 7.85. The van der Waals surface area contributed by atoms with Crippen LogP contribution in [0.3, 0.4) is 0 Å². The van der Waals surface area contributed by atoms with E-state index in [0.29, 0.717) is 0 Å². The van der Waals surface area contributed by atoms with E-state index in [0.717, 1.165) is 19.3 Å². The van der Waals surface area contributed by atoms with Crippen molar-refractivity contribution in [2.24, 2.45) is 23.2 Å². The Morgan fingerprint density at radius 3 is 1.63 bits per heavy atom. The van der Waals surface area contributed by atoms with Gasteiger partial charge >= 0.3 is 12.4 Å². The summed E-state index contributed by atoms with van der Waals surface area (Å²) in [6.45, 7) is 0. The molecule has 4 aliphatic rings. The molecule has 4 fully saturated rings. The first kappa shape index (κ1) is 21.1. The summed E-state index contributed by atoms with van der Waals surface area (Å²) in [5, 5.41) is 10.4. The summed E-state index contributed by atoms with van der Waals surface area (Å²) < 4.78 is 117. The van der Waals surface area contributed by atoms with E-state index in [4.69, 9.17) is 0 Å². The zero-order valence-electron chi connectivity index (χ0n) is 14.0. The first-order chi connectivity index (χ1) is 12.1. The van der Waals surface area contributed by atoms with Crippen LogP contribution in [-0.2, 0) is 14.9 Å². The van der Waals surface area contributed by atoms with E-state index >= 15 is 0 Å². The van der Waals surface area contributed by atoms with Crippen LogP contribution in [0.25, 0.3) is 0 Å². The van der Waals surface area contributed by atoms with E-state index in [9.17, 15) is 44.4 Å². The molecular formula is C15H19F6O5S-. The van der Waals surface area contributed by atoms with Crippen LogP contribution in [0.1, 0.15) is 38.5 Å². The molecule has 0 amide bonds. The van der Waals surface area contributed by atoms with Crippen molar-refractivity contribution >= 4 is 10.1 Å². The molecule has 4 bridgehead atoms. The van der Waals surface area contributed by atoms with Gasteiger partial charge in [-0.25, -0.2) is 8.42 Å². The number of ether oxygens (including phenoxy) is 1. The third-order valence-corrected chi connectivity index (χ3v) is 6.98. The van der Waals surface area contributed by atoms with Gasteiger partial charge in [0, 0.05) is 5.41 Å². The van der Waals surface area contributed by atoms with Crippen LogP contribution < -0.4 is 0 Å². The van der Waals surface area contributed by atoms with Crippen LogP contribution in [0, 0.1) is 23.2 Å². The number of rotatable bonds is 5. The smallest absolute Gasteiger partial charge is 0.427 e. The lowest BCUT2D eigenvalue weighted by atomic mass is 9.49. The fourth-order valence-corrected chi connectivity index (χ4v) is 6.43. The van der Waals surface area contributed by atoms with E-state index < -0.39 is 45.5 Å². The van der Waals surface area contributed by atoms with Crippen molar-refractivity contribution in [1.29, 1.82) is 0 Å². The Hall–Kier alpha value is -0.590. The lowest BCUT2D eigenvalue weighted by Gasteiger charge is -2.58. The van der Waals surface area contributed by atoms with Gasteiger partial charge in [-0.3, -0.25) is 0 Å². The number of hydrogen-bond acceptors (Lipinski definition) is 5. The maximum atomic E-state index is 13.4. The Morgan fingerprint density at radius 2 is 1.33 bits per heavy atom. The first-order valence-electron chi connectivity index (χ1n) is 8.50. The summed E-state index contributed by atoms with van der Waals surface area (Å²) in [4.78, 5) is 0. The largest absolute Gasteiger partial charge is 0.748 e. The number of aliphatic hydroxyl groups is 1. The van der Waals surface area contributed by atoms with Gasteiger partial charge < -0.3 is 14.4 Å². The van der Waals surface area contributed by atoms with E-state index in [-0.39, 0.29) is 37.0 Å². The molecule has 0 radical (unpaired) electrons. The van der Waals surface area contributed by atoms with Gasteiger partial charge in [0.1, 0.15) is 0 Å². The molecule has 1 atom stereocenters. The van der Waals surface area contributed by atoms with Gasteiger partial charge in [-0.1, -0.05) is 0 Å². The molecular weight excluding hydrogens is 406 g/mol. The molecule has 4 rings (SSSR count). The summed E-state index contributed by atoms with van der Waals surface area (Å²) in [5.41, 5.74) is -6.56. The van der Waals surface area contributed by atoms with Crippen LogP contribution in [0.4, 0.5) is 26.3 Å². The van der Waals surface area contributed by atoms with Crippen LogP contribution >= 0.6 is 0 Å². The van der Waals surface area contributed by atoms with Gasteiger partial charge in [0.2, 0.25) is 0 Å². The topological polar surface area (TPSA) is 86.7 Å². The van der Waals surface area contributed by atoms with Crippen molar-refractivity contribution in [1.82, 2.24) is 0 Å². The third kappa shape index (κ3) is 3.69. The van der Waals surface area contributed by atoms with Crippen molar-refractivity contribution < 1.29 is 49.2 Å². The SMILES string of the molecule is O=S(=O)([O-])CC(OC(O)C12CC3CC(CC(C3)C1)C2)(C(F)(F)F)C(F)(F)F. The molecule has 1 N–H and O–H groups in total. The molecule has 0 aliphatic heterocycles. The molecule has 0 saturated heterocycles. The Kier molecular flexibility index (Phi) is 4.85. The van der Waals surface area contributed by atoms with Gasteiger partial charge in [-0.15, -0.1) is 0 Å². The Labute approximate surface area is 151 Å². The van der Waals surface area contributed by atoms with Gasteiger partial charge in [0.15, 0.2) is 6.29 Å². The molecule has 1 unspecified atom stereocenters. The maximum absolute atomic E-state index is 13.4. The number of alkyl halides is 6. The van der Waals surface area contributed by atoms with Crippen molar-refractivity contribution in [3.63, 3.8) is 0 Å². The van der Waals surface area contributed by atoms with Crippen LogP contribution in [0.5, 0.6) is 0 Å². The highest BCUT2D eigenvalue weighted by Crippen LogP contribution is 2.62. The molecule has 12 heteroatoms. The van der Waals surface area contributed by atoms with Gasteiger partial charge in [0.05, 0.1) is 15.9 Å². The van der Waals surface area contributed by atoms with E-state index in [1.54, 1.807) is 0 Å². The quantitative estimate of drug-likeness (QED) is 0.416. The number of hydrogen-bond donors (Lipinski definition) is 1. The van der Waals surface area contributed by atoms with Crippen molar-refractivity contribution in [3.8, 4) is 0 Å². The highest BCUT2D eigenvalue weighted by Gasteiger charge is 2.74. The second-order valence-electron chi connectivity index (χ2n) is 8.27. The third-order valence-electron chi connectivity index (χ3n) is 6.22. The molecule has 0 aromatic rings. The van der Waals surface area contributed by atoms with E-state index in [2.05, 4.69) is 4.74 Å². The Balaban J connectivity index is 1.96. The maximum Gasteiger partial charge on any atom is 0.427 e. The average molecular weight is 425 g/mol. The fourth-order valence-electron chi connectivity index (χ4n) is 5.54. The molecule has 0 heterocycles. The minimum atomic E-state index is -6.26. The summed E-state index contributed by atoms with van der Waals surface area (Å²) in [6.07, 6.45) is -11.9. The van der Waals surface area contributed by atoms with E-state index in [1.165, 1.54) is 0 Å². The first-order valence-corrected chi connectivity index (χ1v) is 10.1. The zero-order valence-corrected chi connectivity index (χ0v) is 14.8. The van der Waals surface area contributed by atoms with Gasteiger partial charge in [-0.05, 0) is 56.3 Å². The summed E-state index contributed by atoms with van der Waals surface area (Å²) >= 11 is 0. The van der Waals surface area contributed by atoms with Crippen LogP contribution in [0.15, 0.2) is 0 Å². The lowest BCUT2D eigenvalue weighted by molar-refractivity contribution is -0.413. The molecule has 5 nitrogen and oxygen atoms in total. The van der Waals surface area contributed by atoms with Crippen molar-refractivity contribution in [2.45, 2.75) is 62.8 Å². The van der Waals surface area contributed by atoms with Crippen molar-refractivity contribution in [2.75, 3.05) is 5.75 Å². The van der Waals surface area contributed by atoms with Crippen LogP contribution in [0.2, 0.25) is 0 Å². The van der Waals surface area contributed by atoms with Gasteiger partial charge in [0.25, 0.3) is 5.60 Å². The predicted octanol–water partition coefficient (Wildman–Crippen LogP) is 2.95. The van der Waals surface area contributed by atoms with Crippen LogP contribution in [-0.4, -0.2) is 48.1 Å². The van der Waals surface area contributed by atoms with E-state index in [1.807, 2.05) is 0 Å². The normalized spacial score (nSPS) is 35.5. The minimum Gasteiger partial charge on any atom is -0.748 e. The Bertz CT molecular complexity index is 637. The second kappa shape index (κ2) is 6.20. The average Bonchev–Trinajstić information content (AvgIpc) is 2.40. The fraction of sp³-hybridized carbons (Fsp3) is 1.00. The molecule has 4 saturated carbocycles. The zero-order chi connectivity index (χ0) is 20.5. The highest BCUT2D eigenvalue weighted by atomic mass is 32.2. The summed E-state index contributed by atoms with van der Waals surface area (Å²) in [6, 6.07) is 0. The summed E-state index contributed by atoms with van der Waals surface area (Å²) in [5.74, 6) is -2.62. The molecule has 0 aromatic heterocycles. The van der Waals surface area contributed by atoms with Gasteiger partial charge in [-0.2, -0.15) is 26.3 Å². The minimum absolute atomic E-state index is 0.0870. The molecule has 4 aliphatic carbocycles. The standard InChI is InChI=1S/C15H20F6O5S/c16-14(17,18)13(15(19,20)21,7-27(23,24)25)26-11(22)12-4-8-1-9(5-12)3-10(2-8)6-12/h8-11,22H,1-7H2,(H,23,24,25)/p-1. The predicted molar refractivity (Wildman–Crippen MR) is 77.1 cm³/mol. The molecule has 27 heavy (non-hydrogen) atoms. The lowest BCUT2D eigenvalue weighted by Crippen LogP contribution is -2.66. The molecule has 0 spiro atoms. The number of aliphatic hydroxyl groups excluding tert-OH is 1. The Morgan fingerprint density at radius 1 is 0.963 bits per heavy atom. The molecule has 158 valence electrons. The number of halogens is 6. The second-order valence-corrected chi connectivity index (χ2v) is 9.68. The molecule has 0 aromatic carbocycles.